The highest BCUT2D eigenvalue weighted by Gasteiger charge is 2.31. The van der Waals surface area contributed by atoms with Gasteiger partial charge in [-0.3, -0.25) is 19.2 Å². The van der Waals surface area contributed by atoms with E-state index >= 15 is 0 Å². The second kappa shape index (κ2) is 6.88. The number of anilines is 1. The second-order valence-electron chi connectivity index (χ2n) is 6.32. The molecule has 1 fully saturated rings. The fourth-order valence-electron chi connectivity index (χ4n) is 3.01. The van der Waals surface area contributed by atoms with Gasteiger partial charge in [0.2, 0.25) is 11.8 Å². The molecule has 7 nitrogen and oxygen atoms in total. The lowest BCUT2D eigenvalue weighted by Crippen LogP contribution is -2.48. The van der Waals surface area contributed by atoms with Crippen LogP contribution in [0.5, 0.6) is 0 Å². The van der Waals surface area contributed by atoms with Crippen molar-refractivity contribution in [2.24, 2.45) is 0 Å². The average Bonchev–Trinajstić information content (AvgIpc) is 2.68. The lowest BCUT2D eigenvalue weighted by atomic mass is 9.90. The maximum Gasteiger partial charge on any atom is 0.254 e. The number of hydrogen-bond donors (Lipinski definition) is 3. The number of allylic oxidation sites excluding steroid dienone is 1. The molecule has 3 amide bonds. The topological polar surface area (TPSA) is 104 Å². The molecule has 1 saturated carbocycles. The average molecular weight is 341 g/mol. The number of amides is 3. The molecule has 1 heterocycles. The molecule has 1 aromatic rings. The van der Waals surface area contributed by atoms with Crippen LogP contribution in [0.4, 0.5) is 5.69 Å². The summed E-state index contributed by atoms with van der Waals surface area (Å²) < 4.78 is 0. The Bertz CT molecular complexity index is 771. The van der Waals surface area contributed by atoms with E-state index in [1.807, 2.05) is 0 Å². The maximum atomic E-state index is 12.3. The lowest BCUT2D eigenvalue weighted by Gasteiger charge is -2.24. The van der Waals surface area contributed by atoms with E-state index in [9.17, 15) is 19.2 Å². The van der Waals surface area contributed by atoms with Gasteiger partial charge in [0.05, 0.1) is 23.7 Å². The van der Waals surface area contributed by atoms with Crippen molar-refractivity contribution < 1.29 is 19.2 Å². The minimum Gasteiger partial charge on any atom is -0.346 e. The zero-order valence-corrected chi connectivity index (χ0v) is 13.6. The first-order chi connectivity index (χ1) is 11.9. The number of rotatable bonds is 3. The minimum atomic E-state index is -0.992. The standard InChI is InChI=1S/C18H19N3O4/c1-10-6-7-13(15(22)8-10)19-16(23)9-14-18(25)20-12-5-3-2-4-11(12)17(24)21-14/h2-5,13-14H,1,6-9H2,(H,19,23)(H,20,25)(H,21,24)/t13?,14-/m0/s1. The van der Waals surface area contributed by atoms with Gasteiger partial charge < -0.3 is 16.0 Å². The van der Waals surface area contributed by atoms with Crippen LogP contribution in [0.1, 0.15) is 36.0 Å². The first-order valence-electron chi connectivity index (χ1n) is 8.13. The van der Waals surface area contributed by atoms with E-state index in [0.717, 1.165) is 5.57 Å². The van der Waals surface area contributed by atoms with E-state index in [1.54, 1.807) is 24.3 Å². The first kappa shape index (κ1) is 16.9. The Morgan fingerprint density at radius 3 is 2.76 bits per heavy atom. The highest BCUT2D eigenvalue weighted by molar-refractivity contribution is 6.10. The smallest absolute Gasteiger partial charge is 0.254 e. The third kappa shape index (κ3) is 3.76. The van der Waals surface area contributed by atoms with E-state index in [-0.39, 0.29) is 18.6 Å². The summed E-state index contributed by atoms with van der Waals surface area (Å²) in [5.74, 6) is -1.41. The van der Waals surface area contributed by atoms with Gasteiger partial charge in [0.1, 0.15) is 6.04 Å². The lowest BCUT2D eigenvalue weighted by molar-refractivity contribution is -0.129. The molecule has 7 heteroatoms. The van der Waals surface area contributed by atoms with Crippen molar-refractivity contribution in [1.82, 2.24) is 10.6 Å². The highest BCUT2D eigenvalue weighted by Crippen LogP contribution is 2.20. The quantitative estimate of drug-likeness (QED) is 0.711. The highest BCUT2D eigenvalue weighted by atomic mass is 16.2. The van der Waals surface area contributed by atoms with Crippen molar-refractivity contribution in [2.75, 3.05) is 5.32 Å². The Hall–Kier alpha value is -2.96. The van der Waals surface area contributed by atoms with Gasteiger partial charge in [-0.05, 0) is 25.0 Å². The molecule has 0 saturated heterocycles. The molecule has 1 unspecified atom stereocenters. The number of para-hydroxylation sites is 1. The number of hydrogen-bond acceptors (Lipinski definition) is 4. The number of nitrogens with one attached hydrogen (secondary N) is 3. The Morgan fingerprint density at radius 1 is 1.24 bits per heavy atom. The van der Waals surface area contributed by atoms with Crippen molar-refractivity contribution in [3.05, 3.63) is 42.0 Å². The van der Waals surface area contributed by atoms with Crippen LogP contribution in [0, 0.1) is 0 Å². The molecule has 1 aliphatic heterocycles. The molecule has 3 N–H and O–H groups in total. The number of benzene rings is 1. The molecular weight excluding hydrogens is 322 g/mol. The maximum absolute atomic E-state index is 12.3. The van der Waals surface area contributed by atoms with Crippen molar-refractivity contribution in [3.63, 3.8) is 0 Å². The molecule has 2 atom stereocenters. The number of ketones is 1. The SMILES string of the molecule is C=C1CCC(NC(=O)C[C@@H]2NC(=O)c3ccccc3NC2=O)C(=O)C1. The van der Waals surface area contributed by atoms with Crippen molar-refractivity contribution in [2.45, 2.75) is 37.8 Å². The molecule has 130 valence electrons. The van der Waals surface area contributed by atoms with E-state index in [1.165, 1.54) is 0 Å². The number of Topliss-reactive ketones (excluding diaryl/α,β-unsaturated/α-hetero) is 1. The van der Waals surface area contributed by atoms with Gasteiger partial charge in [0, 0.05) is 6.42 Å². The number of fused-ring (bicyclic) bond motifs is 1. The van der Waals surface area contributed by atoms with Crippen LogP contribution in [-0.4, -0.2) is 35.6 Å². The summed E-state index contributed by atoms with van der Waals surface area (Å²) in [6.45, 7) is 3.79. The van der Waals surface area contributed by atoms with Gasteiger partial charge in [-0.15, -0.1) is 0 Å². The van der Waals surface area contributed by atoms with Gasteiger partial charge in [-0.1, -0.05) is 24.3 Å². The Morgan fingerprint density at radius 2 is 2.00 bits per heavy atom. The molecule has 0 aromatic heterocycles. The number of carbonyl (C=O) groups is 4. The largest absolute Gasteiger partial charge is 0.346 e. The molecule has 25 heavy (non-hydrogen) atoms. The van der Waals surface area contributed by atoms with E-state index in [2.05, 4.69) is 22.5 Å². The van der Waals surface area contributed by atoms with Crippen LogP contribution in [0.2, 0.25) is 0 Å². The van der Waals surface area contributed by atoms with Gasteiger partial charge in [-0.2, -0.15) is 0 Å². The predicted molar refractivity (Wildman–Crippen MR) is 90.9 cm³/mol. The predicted octanol–water partition coefficient (Wildman–Crippen LogP) is 0.921. The summed E-state index contributed by atoms with van der Waals surface area (Å²) in [5.41, 5.74) is 1.62. The monoisotopic (exact) mass is 341 g/mol. The van der Waals surface area contributed by atoms with Crippen LogP contribution >= 0.6 is 0 Å². The summed E-state index contributed by atoms with van der Waals surface area (Å²) in [7, 11) is 0. The molecule has 3 rings (SSSR count). The third-order valence-electron chi connectivity index (χ3n) is 4.38. The van der Waals surface area contributed by atoms with Gasteiger partial charge >= 0.3 is 0 Å². The summed E-state index contributed by atoms with van der Waals surface area (Å²) >= 11 is 0. The summed E-state index contributed by atoms with van der Waals surface area (Å²) in [5, 5.41) is 7.86. The third-order valence-corrected chi connectivity index (χ3v) is 4.38. The van der Waals surface area contributed by atoms with Crippen molar-refractivity contribution in [1.29, 1.82) is 0 Å². The van der Waals surface area contributed by atoms with E-state index in [0.29, 0.717) is 24.1 Å². The fourth-order valence-corrected chi connectivity index (χ4v) is 3.01. The second-order valence-corrected chi connectivity index (χ2v) is 6.32. The van der Waals surface area contributed by atoms with E-state index < -0.39 is 29.8 Å². The van der Waals surface area contributed by atoms with Gasteiger partial charge in [0.25, 0.3) is 5.91 Å². The zero-order valence-electron chi connectivity index (χ0n) is 13.6. The Kier molecular flexibility index (Phi) is 4.65. The molecule has 0 spiro atoms. The summed E-state index contributed by atoms with van der Waals surface area (Å²) in [6, 6.07) is 5.08. The molecule has 0 radical (unpaired) electrons. The fraction of sp³-hybridized carbons (Fsp3) is 0.333. The molecule has 1 aliphatic carbocycles. The number of carbonyl (C=O) groups excluding carboxylic acids is 4. The van der Waals surface area contributed by atoms with Gasteiger partial charge in [-0.25, -0.2) is 0 Å². The Labute approximate surface area is 144 Å². The van der Waals surface area contributed by atoms with Crippen LogP contribution in [0.25, 0.3) is 0 Å². The minimum absolute atomic E-state index is 0.0774. The zero-order chi connectivity index (χ0) is 18.0. The van der Waals surface area contributed by atoms with Gasteiger partial charge in [0.15, 0.2) is 5.78 Å². The van der Waals surface area contributed by atoms with E-state index in [4.69, 9.17) is 0 Å². The van der Waals surface area contributed by atoms with Crippen molar-refractivity contribution >= 4 is 29.2 Å². The first-order valence-corrected chi connectivity index (χ1v) is 8.13. The normalized spacial score (nSPS) is 23.2. The van der Waals surface area contributed by atoms with Crippen molar-refractivity contribution in [3.8, 4) is 0 Å². The molecule has 0 bridgehead atoms. The summed E-state index contributed by atoms with van der Waals surface area (Å²) in [4.78, 5) is 48.7. The molecule has 1 aromatic carbocycles. The van der Waals surface area contributed by atoms with Crippen LogP contribution in [0.3, 0.4) is 0 Å². The molecular formula is C18H19N3O4. The summed E-state index contributed by atoms with van der Waals surface area (Å²) in [6.07, 6.45) is 1.24. The Balaban J connectivity index is 1.64. The van der Waals surface area contributed by atoms with Crippen LogP contribution in [0.15, 0.2) is 36.4 Å². The van der Waals surface area contributed by atoms with Crippen LogP contribution < -0.4 is 16.0 Å². The molecule has 2 aliphatic rings. The van der Waals surface area contributed by atoms with Crippen LogP contribution in [-0.2, 0) is 14.4 Å².